The van der Waals surface area contributed by atoms with Gasteiger partial charge in [0.2, 0.25) is 0 Å². The first-order valence-corrected chi connectivity index (χ1v) is 6.19. The molecule has 0 bridgehead atoms. The normalized spacial score (nSPS) is 28.4. The van der Waals surface area contributed by atoms with Gasteiger partial charge in [0.05, 0.1) is 12.4 Å². The zero-order chi connectivity index (χ0) is 12.3. The Morgan fingerprint density at radius 1 is 1.29 bits per heavy atom. The van der Waals surface area contributed by atoms with Gasteiger partial charge in [0.25, 0.3) is 0 Å². The van der Waals surface area contributed by atoms with Crippen molar-refractivity contribution in [1.82, 2.24) is 9.97 Å². The monoisotopic (exact) mass is 230 g/mol. The lowest BCUT2D eigenvalue weighted by Gasteiger charge is -2.34. The molecule has 1 aromatic rings. The molecule has 1 aliphatic carbocycles. The molecule has 0 aliphatic heterocycles. The fourth-order valence-corrected chi connectivity index (χ4v) is 2.44. The van der Waals surface area contributed by atoms with Crippen molar-refractivity contribution >= 4 is 5.82 Å². The topological polar surface area (TPSA) is 61.6 Å². The van der Waals surface area contributed by atoms with Gasteiger partial charge >= 0.3 is 0 Å². The van der Waals surface area contributed by atoms with Crippen molar-refractivity contribution in [1.29, 1.82) is 5.26 Å². The van der Waals surface area contributed by atoms with Gasteiger partial charge in [-0.3, -0.25) is 0 Å². The van der Waals surface area contributed by atoms with E-state index in [0.29, 0.717) is 17.7 Å². The molecule has 1 aromatic heterocycles. The van der Waals surface area contributed by atoms with Gasteiger partial charge in [-0.15, -0.1) is 0 Å². The van der Waals surface area contributed by atoms with Gasteiger partial charge in [-0.05, 0) is 18.3 Å². The van der Waals surface area contributed by atoms with Gasteiger partial charge in [-0.2, -0.15) is 5.26 Å². The molecule has 2 rings (SSSR count). The summed E-state index contributed by atoms with van der Waals surface area (Å²) in [6.45, 7) is 4.60. The number of nitrogens with one attached hydrogen (secondary N) is 1. The summed E-state index contributed by atoms with van der Waals surface area (Å²) >= 11 is 0. The van der Waals surface area contributed by atoms with E-state index in [2.05, 4.69) is 29.1 Å². The quantitative estimate of drug-likeness (QED) is 0.848. The summed E-state index contributed by atoms with van der Waals surface area (Å²) in [5.74, 6) is 2.18. The highest BCUT2D eigenvalue weighted by Gasteiger charge is 2.27. The highest BCUT2D eigenvalue weighted by molar-refractivity contribution is 5.34. The van der Waals surface area contributed by atoms with Gasteiger partial charge < -0.3 is 5.32 Å². The third kappa shape index (κ3) is 2.73. The molecule has 1 aliphatic rings. The van der Waals surface area contributed by atoms with Crippen LogP contribution in [0.4, 0.5) is 5.82 Å². The first kappa shape index (κ1) is 11.8. The Morgan fingerprint density at radius 2 is 2.12 bits per heavy atom. The zero-order valence-corrected chi connectivity index (χ0v) is 10.3. The number of nitrogens with zero attached hydrogens (tertiary/aromatic N) is 3. The van der Waals surface area contributed by atoms with E-state index in [-0.39, 0.29) is 0 Å². The summed E-state index contributed by atoms with van der Waals surface area (Å²) in [6.07, 6.45) is 6.93. The smallest absolute Gasteiger partial charge is 0.158 e. The van der Waals surface area contributed by atoms with Crippen molar-refractivity contribution in [3.8, 4) is 6.07 Å². The number of rotatable bonds is 2. The van der Waals surface area contributed by atoms with E-state index >= 15 is 0 Å². The van der Waals surface area contributed by atoms with Crippen LogP contribution in [-0.2, 0) is 0 Å². The van der Waals surface area contributed by atoms with E-state index in [4.69, 9.17) is 5.26 Å². The van der Waals surface area contributed by atoms with E-state index < -0.39 is 0 Å². The Kier molecular flexibility index (Phi) is 3.58. The summed E-state index contributed by atoms with van der Waals surface area (Å²) in [7, 11) is 0. The maximum absolute atomic E-state index is 8.65. The van der Waals surface area contributed by atoms with Gasteiger partial charge in [0.1, 0.15) is 11.9 Å². The molecule has 3 unspecified atom stereocenters. The maximum atomic E-state index is 8.65. The van der Waals surface area contributed by atoms with E-state index in [0.717, 1.165) is 11.7 Å². The summed E-state index contributed by atoms with van der Waals surface area (Å²) < 4.78 is 0. The minimum absolute atomic E-state index is 0.362. The number of aromatic nitrogens is 2. The molecule has 1 N–H and O–H groups in total. The standard InChI is InChI=1S/C13H18N4/c1-9-4-3-5-12(10(9)2)17-13-8-15-11(6-14)7-16-13/h7-10,12H,3-5H2,1-2H3,(H,16,17). The molecule has 1 saturated carbocycles. The average Bonchev–Trinajstić information content (AvgIpc) is 2.36. The Balaban J connectivity index is 2.02. The summed E-state index contributed by atoms with van der Waals surface area (Å²) in [4.78, 5) is 8.23. The van der Waals surface area contributed by atoms with Crippen LogP contribution in [0.2, 0.25) is 0 Å². The molecule has 90 valence electrons. The highest BCUT2D eigenvalue weighted by Crippen LogP contribution is 2.31. The summed E-state index contributed by atoms with van der Waals surface area (Å²) in [5, 5.41) is 12.1. The molecule has 0 spiro atoms. The Labute approximate surface area is 102 Å². The molecule has 0 radical (unpaired) electrons. The van der Waals surface area contributed by atoms with E-state index in [1.165, 1.54) is 25.5 Å². The van der Waals surface area contributed by atoms with E-state index in [1.54, 1.807) is 6.20 Å². The predicted molar refractivity (Wildman–Crippen MR) is 66.3 cm³/mol. The molecule has 3 atom stereocenters. The molecular weight excluding hydrogens is 212 g/mol. The van der Waals surface area contributed by atoms with Crippen LogP contribution in [-0.4, -0.2) is 16.0 Å². The molecule has 4 heteroatoms. The third-order valence-electron chi connectivity index (χ3n) is 3.81. The number of hydrogen-bond acceptors (Lipinski definition) is 4. The van der Waals surface area contributed by atoms with Gasteiger partial charge in [0.15, 0.2) is 5.69 Å². The van der Waals surface area contributed by atoms with Crippen molar-refractivity contribution in [2.24, 2.45) is 11.8 Å². The number of hydrogen-bond donors (Lipinski definition) is 1. The van der Waals surface area contributed by atoms with Crippen LogP contribution in [0.1, 0.15) is 38.8 Å². The van der Waals surface area contributed by atoms with Crippen LogP contribution in [0.25, 0.3) is 0 Å². The van der Waals surface area contributed by atoms with Crippen molar-refractivity contribution in [3.05, 3.63) is 18.1 Å². The Bertz CT molecular complexity index is 406. The Morgan fingerprint density at radius 3 is 2.76 bits per heavy atom. The lowest BCUT2D eigenvalue weighted by molar-refractivity contribution is 0.253. The fourth-order valence-electron chi connectivity index (χ4n) is 2.44. The summed E-state index contributed by atoms with van der Waals surface area (Å²) in [5.41, 5.74) is 0.362. The molecular formula is C13H18N4. The molecule has 0 amide bonds. The number of anilines is 1. The van der Waals surface area contributed by atoms with Gasteiger partial charge in [0, 0.05) is 6.04 Å². The minimum Gasteiger partial charge on any atom is -0.366 e. The first-order valence-electron chi connectivity index (χ1n) is 6.19. The second kappa shape index (κ2) is 5.13. The molecule has 4 nitrogen and oxygen atoms in total. The lowest BCUT2D eigenvalue weighted by Crippen LogP contribution is -2.35. The van der Waals surface area contributed by atoms with Crippen molar-refractivity contribution in [2.45, 2.75) is 39.2 Å². The first-order chi connectivity index (χ1) is 8.20. The SMILES string of the molecule is CC1CCCC(Nc2cnc(C#N)cn2)C1C. The van der Waals surface area contributed by atoms with Crippen LogP contribution in [0.5, 0.6) is 0 Å². The highest BCUT2D eigenvalue weighted by atomic mass is 15.0. The number of nitriles is 1. The van der Waals surface area contributed by atoms with Crippen LogP contribution < -0.4 is 5.32 Å². The van der Waals surface area contributed by atoms with E-state index in [1.807, 2.05) is 6.07 Å². The fraction of sp³-hybridized carbons (Fsp3) is 0.615. The van der Waals surface area contributed by atoms with Gasteiger partial charge in [-0.1, -0.05) is 26.7 Å². The van der Waals surface area contributed by atoms with Gasteiger partial charge in [-0.25, -0.2) is 9.97 Å². The van der Waals surface area contributed by atoms with Crippen LogP contribution in [0, 0.1) is 23.2 Å². The molecule has 0 aromatic carbocycles. The predicted octanol–water partition coefficient (Wildman–Crippen LogP) is 2.58. The average molecular weight is 230 g/mol. The molecule has 1 heterocycles. The second-order valence-electron chi connectivity index (χ2n) is 4.92. The molecule has 1 fully saturated rings. The van der Waals surface area contributed by atoms with Crippen molar-refractivity contribution in [2.75, 3.05) is 5.32 Å². The maximum Gasteiger partial charge on any atom is 0.158 e. The largest absolute Gasteiger partial charge is 0.366 e. The molecule has 0 saturated heterocycles. The second-order valence-corrected chi connectivity index (χ2v) is 4.92. The lowest BCUT2D eigenvalue weighted by atomic mass is 9.78. The van der Waals surface area contributed by atoms with Crippen molar-refractivity contribution < 1.29 is 0 Å². The zero-order valence-electron chi connectivity index (χ0n) is 10.3. The Hall–Kier alpha value is -1.63. The van der Waals surface area contributed by atoms with Crippen LogP contribution in [0.3, 0.4) is 0 Å². The molecule has 17 heavy (non-hydrogen) atoms. The summed E-state index contributed by atoms with van der Waals surface area (Å²) in [6, 6.07) is 2.45. The third-order valence-corrected chi connectivity index (χ3v) is 3.81. The van der Waals surface area contributed by atoms with E-state index in [9.17, 15) is 0 Å². The van der Waals surface area contributed by atoms with Crippen LogP contribution in [0.15, 0.2) is 12.4 Å². The van der Waals surface area contributed by atoms with Crippen LogP contribution >= 0.6 is 0 Å². The van der Waals surface area contributed by atoms with Crippen molar-refractivity contribution in [3.63, 3.8) is 0 Å². The minimum atomic E-state index is 0.362.